The van der Waals surface area contributed by atoms with Gasteiger partial charge >= 0.3 is 5.69 Å². The molecule has 0 bridgehead atoms. The van der Waals surface area contributed by atoms with Crippen molar-refractivity contribution in [2.75, 3.05) is 0 Å². The van der Waals surface area contributed by atoms with Crippen LogP contribution in [0.5, 0.6) is 0 Å². The fraction of sp³-hybridized carbons (Fsp3) is 0.727. The van der Waals surface area contributed by atoms with E-state index < -0.39 is 0 Å². The molecule has 0 unspecified atom stereocenters. The second-order valence-electron chi connectivity index (χ2n) is 4.57. The predicted molar refractivity (Wildman–Crippen MR) is 58.6 cm³/mol. The first kappa shape index (κ1) is 11.1. The Labute approximate surface area is 94.6 Å². The van der Waals surface area contributed by atoms with Gasteiger partial charge in [-0.25, -0.2) is 5.21 Å². The summed E-state index contributed by atoms with van der Waals surface area (Å²) in [6.07, 6.45) is 7.84. The number of aromatic nitrogens is 2. The van der Waals surface area contributed by atoms with Crippen molar-refractivity contribution in [3.63, 3.8) is 0 Å². The lowest BCUT2D eigenvalue weighted by molar-refractivity contribution is -0.730. The average molecular weight is 224 g/mol. The molecule has 16 heavy (non-hydrogen) atoms. The maximum absolute atomic E-state index is 10.8. The SMILES string of the molecule is Cc1c([N+](=O)O)cnn1CC1CCCCC1. The predicted octanol–water partition coefficient (Wildman–Crippen LogP) is 2.57. The van der Waals surface area contributed by atoms with Crippen LogP contribution in [-0.2, 0) is 6.54 Å². The van der Waals surface area contributed by atoms with Gasteiger partial charge in [-0.15, -0.1) is 0 Å². The fourth-order valence-corrected chi connectivity index (χ4v) is 2.42. The molecule has 0 aromatic carbocycles. The van der Waals surface area contributed by atoms with Crippen molar-refractivity contribution < 1.29 is 10.1 Å². The maximum Gasteiger partial charge on any atom is 0.356 e. The van der Waals surface area contributed by atoms with E-state index >= 15 is 0 Å². The molecule has 1 aromatic rings. The molecule has 1 heterocycles. The van der Waals surface area contributed by atoms with Gasteiger partial charge in [-0.3, -0.25) is 4.68 Å². The van der Waals surface area contributed by atoms with Gasteiger partial charge < -0.3 is 0 Å². The van der Waals surface area contributed by atoms with Crippen LogP contribution in [0.3, 0.4) is 0 Å². The molecule has 1 aromatic heterocycles. The van der Waals surface area contributed by atoms with Crippen molar-refractivity contribution in [1.82, 2.24) is 9.78 Å². The highest BCUT2D eigenvalue weighted by atomic mass is 16.6. The van der Waals surface area contributed by atoms with Crippen LogP contribution < -0.4 is 0 Å². The van der Waals surface area contributed by atoms with E-state index in [-0.39, 0.29) is 10.6 Å². The molecule has 0 atom stereocenters. The minimum Gasteiger partial charge on any atom is -0.262 e. The second kappa shape index (κ2) is 4.63. The topological polar surface area (TPSA) is 58.1 Å². The quantitative estimate of drug-likeness (QED) is 0.803. The first-order chi connectivity index (χ1) is 7.68. The third-order valence-corrected chi connectivity index (χ3v) is 3.44. The van der Waals surface area contributed by atoms with Gasteiger partial charge in [-0.05, 0) is 25.7 Å². The van der Waals surface area contributed by atoms with Crippen LogP contribution in [0.1, 0.15) is 37.8 Å². The molecule has 0 radical (unpaired) electrons. The van der Waals surface area contributed by atoms with Gasteiger partial charge in [-0.1, -0.05) is 19.3 Å². The third kappa shape index (κ3) is 2.23. The first-order valence-corrected chi connectivity index (χ1v) is 5.87. The van der Waals surface area contributed by atoms with E-state index in [1.54, 1.807) is 0 Å². The Morgan fingerprint density at radius 2 is 2.19 bits per heavy atom. The van der Waals surface area contributed by atoms with Gasteiger partial charge in [0.15, 0.2) is 0 Å². The Hall–Kier alpha value is -1.39. The minimum absolute atomic E-state index is 0.111. The molecular weight excluding hydrogens is 206 g/mol. The number of hydrogen-bond donors (Lipinski definition) is 1. The normalized spacial score (nSPS) is 17.6. The lowest BCUT2D eigenvalue weighted by Crippen LogP contribution is -2.16. The Bertz CT molecular complexity index is 381. The highest BCUT2D eigenvalue weighted by molar-refractivity contribution is 5.30. The monoisotopic (exact) mass is 224 g/mol. The number of hydrogen-bond acceptors (Lipinski definition) is 2. The fourth-order valence-electron chi connectivity index (χ4n) is 2.42. The molecule has 1 N–H and O–H groups in total. The zero-order valence-electron chi connectivity index (χ0n) is 9.59. The summed E-state index contributed by atoms with van der Waals surface area (Å²) >= 11 is 0. The van der Waals surface area contributed by atoms with Crippen LogP contribution in [0.25, 0.3) is 0 Å². The smallest absolute Gasteiger partial charge is 0.262 e. The first-order valence-electron chi connectivity index (χ1n) is 5.87. The number of nitrogens with zero attached hydrogens (tertiary/aromatic N) is 3. The molecule has 88 valence electrons. The average Bonchev–Trinajstić information content (AvgIpc) is 2.62. The number of rotatable bonds is 3. The van der Waals surface area contributed by atoms with E-state index in [1.165, 1.54) is 38.3 Å². The molecular formula is C11H18N3O2+. The van der Waals surface area contributed by atoms with Crippen molar-refractivity contribution in [2.45, 2.75) is 45.6 Å². The molecule has 0 amide bonds. The summed E-state index contributed by atoms with van der Waals surface area (Å²) in [7, 11) is 0. The molecule has 0 spiro atoms. The zero-order chi connectivity index (χ0) is 11.5. The molecule has 0 saturated heterocycles. The highest BCUT2D eigenvalue weighted by Crippen LogP contribution is 2.26. The Kier molecular flexibility index (Phi) is 3.22. The van der Waals surface area contributed by atoms with Gasteiger partial charge in [0.1, 0.15) is 11.9 Å². The molecule has 1 aliphatic rings. The largest absolute Gasteiger partial charge is 0.356 e. The summed E-state index contributed by atoms with van der Waals surface area (Å²) in [6.45, 7) is 2.67. The standard InChI is InChI=1S/C11H18N3O2/c1-9-11(14(15)16)7-12-13(9)8-10-5-3-2-4-6-10/h7,10H,2-6,8H2,1H3,(H,15,16)/q+1. The molecule has 0 aliphatic heterocycles. The van der Waals surface area contributed by atoms with Crippen LogP contribution in [0.4, 0.5) is 5.69 Å². The second-order valence-corrected chi connectivity index (χ2v) is 4.57. The summed E-state index contributed by atoms with van der Waals surface area (Å²) in [5.41, 5.74) is 0.985. The van der Waals surface area contributed by atoms with Crippen molar-refractivity contribution >= 4 is 5.69 Å². The summed E-state index contributed by atoms with van der Waals surface area (Å²) in [5, 5.41) is 13.0. The van der Waals surface area contributed by atoms with Gasteiger partial charge in [0.25, 0.3) is 4.92 Å². The molecule has 5 heteroatoms. The van der Waals surface area contributed by atoms with Gasteiger partial charge in [-0.2, -0.15) is 5.10 Å². The molecule has 1 fully saturated rings. The molecule has 5 nitrogen and oxygen atoms in total. The van der Waals surface area contributed by atoms with Crippen LogP contribution in [-0.4, -0.2) is 19.9 Å². The van der Waals surface area contributed by atoms with Crippen LogP contribution in [0.15, 0.2) is 6.20 Å². The van der Waals surface area contributed by atoms with Crippen molar-refractivity contribution in [3.8, 4) is 0 Å². The lowest BCUT2D eigenvalue weighted by Gasteiger charge is -2.21. The Morgan fingerprint density at radius 1 is 1.50 bits per heavy atom. The third-order valence-electron chi connectivity index (χ3n) is 3.44. The lowest BCUT2D eigenvalue weighted by atomic mass is 9.89. The van der Waals surface area contributed by atoms with E-state index in [1.807, 2.05) is 11.6 Å². The minimum atomic E-state index is -0.111. The van der Waals surface area contributed by atoms with Crippen LogP contribution in [0.2, 0.25) is 0 Å². The van der Waals surface area contributed by atoms with Gasteiger partial charge in [0.05, 0.1) is 4.91 Å². The van der Waals surface area contributed by atoms with Crippen molar-refractivity contribution in [3.05, 3.63) is 16.8 Å². The summed E-state index contributed by atoms with van der Waals surface area (Å²) < 4.78 is 1.83. The summed E-state index contributed by atoms with van der Waals surface area (Å²) in [6, 6.07) is 0. The van der Waals surface area contributed by atoms with Crippen molar-refractivity contribution in [2.24, 2.45) is 5.92 Å². The maximum atomic E-state index is 10.8. The van der Waals surface area contributed by atoms with Gasteiger partial charge in [0, 0.05) is 6.54 Å². The van der Waals surface area contributed by atoms with E-state index in [0.717, 1.165) is 12.2 Å². The Morgan fingerprint density at radius 3 is 2.75 bits per heavy atom. The molecule has 2 rings (SSSR count). The molecule has 1 aliphatic carbocycles. The van der Waals surface area contributed by atoms with Crippen LogP contribution in [0, 0.1) is 17.7 Å². The Balaban J connectivity index is 2.06. The van der Waals surface area contributed by atoms with Gasteiger partial charge in [0.2, 0.25) is 0 Å². The zero-order valence-corrected chi connectivity index (χ0v) is 9.59. The molecule has 1 saturated carbocycles. The van der Waals surface area contributed by atoms with E-state index in [2.05, 4.69) is 5.10 Å². The van der Waals surface area contributed by atoms with Crippen molar-refractivity contribution in [1.29, 1.82) is 0 Å². The van der Waals surface area contributed by atoms with E-state index in [4.69, 9.17) is 5.21 Å². The van der Waals surface area contributed by atoms with E-state index in [0.29, 0.717) is 5.92 Å². The summed E-state index contributed by atoms with van der Waals surface area (Å²) in [4.78, 5) is 10.7. The highest BCUT2D eigenvalue weighted by Gasteiger charge is 2.23. The van der Waals surface area contributed by atoms with E-state index in [9.17, 15) is 4.91 Å². The summed E-state index contributed by atoms with van der Waals surface area (Å²) in [5.74, 6) is 0.666. The van der Waals surface area contributed by atoms with Crippen LogP contribution >= 0.6 is 0 Å².